The largest absolute Gasteiger partial charge is 0.416 e. The molecule has 0 aromatic heterocycles. The van der Waals surface area contributed by atoms with Gasteiger partial charge in [0, 0.05) is 38.4 Å². The third-order valence-corrected chi connectivity index (χ3v) is 4.28. The number of hydrogen-bond acceptors (Lipinski definition) is 3. The van der Waals surface area contributed by atoms with Crippen LogP contribution in [0.2, 0.25) is 0 Å². The van der Waals surface area contributed by atoms with Crippen LogP contribution < -0.4 is 10.2 Å². The highest BCUT2D eigenvalue weighted by Gasteiger charge is 2.37. The van der Waals surface area contributed by atoms with Crippen LogP contribution in [0.5, 0.6) is 0 Å². The zero-order chi connectivity index (χ0) is 15.7. The van der Waals surface area contributed by atoms with Gasteiger partial charge in [0.2, 0.25) is 5.91 Å². The molecule has 2 heterocycles. The highest BCUT2D eigenvalue weighted by molar-refractivity contribution is 5.99. The molecule has 1 N–H and O–H groups in total. The van der Waals surface area contributed by atoms with E-state index in [4.69, 9.17) is 0 Å². The number of nitrogens with one attached hydrogen (secondary N) is 1. The maximum absolute atomic E-state index is 12.6. The predicted molar refractivity (Wildman–Crippen MR) is 76.6 cm³/mol. The Labute approximate surface area is 126 Å². The van der Waals surface area contributed by atoms with Gasteiger partial charge < -0.3 is 10.2 Å². The third kappa shape index (κ3) is 2.96. The van der Waals surface area contributed by atoms with Crippen LogP contribution in [0.3, 0.4) is 0 Å². The number of benzene rings is 1. The van der Waals surface area contributed by atoms with Crippen LogP contribution in [0.25, 0.3) is 0 Å². The molecular formula is C15H18F3N3O. The molecule has 2 aliphatic heterocycles. The second-order valence-electron chi connectivity index (χ2n) is 5.62. The number of alkyl halides is 3. The lowest BCUT2D eigenvalue weighted by atomic mass is 10.2. The number of piperazine rings is 1. The number of halogens is 3. The molecular weight excluding hydrogens is 295 g/mol. The molecule has 0 spiro atoms. The van der Waals surface area contributed by atoms with Crippen LogP contribution in [0.4, 0.5) is 18.9 Å². The first kappa shape index (κ1) is 15.3. The first-order valence-electron chi connectivity index (χ1n) is 7.40. The average molecular weight is 313 g/mol. The molecule has 0 bridgehead atoms. The summed E-state index contributed by atoms with van der Waals surface area (Å²) in [6, 6.07) is 4.66. The number of carbonyl (C=O) groups excluding carboxylic acids is 1. The van der Waals surface area contributed by atoms with Gasteiger partial charge in [-0.2, -0.15) is 13.2 Å². The number of carbonyl (C=O) groups is 1. The summed E-state index contributed by atoms with van der Waals surface area (Å²) in [5.41, 5.74) is -0.155. The van der Waals surface area contributed by atoms with Gasteiger partial charge in [-0.3, -0.25) is 9.69 Å². The van der Waals surface area contributed by atoms with Crippen LogP contribution in [0.1, 0.15) is 12.0 Å². The zero-order valence-electron chi connectivity index (χ0n) is 12.1. The number of rotatable bonds is 2. The normalized spacial score (nSPS) is 24.0. The minimum absolute atomic E-state index is 0.0124. The molecule has 1 atom stereocenters. The summed E-state index contributed by atoms with van der Waals surface area (Å²) in [5.74, 6) is -0.0124. The van der Waals surface area contributed by atoms with Crippen molar-refractivity contribution >= 4 is 11.6 Å². The van der Waals surface area contributed by atoms with Crippen LogP contribution in [-0.2, 0) is 11.0 Å². The van der Waals surface area contributed by atoms with E-state index in [0.29, 0.717) is 12.2 Å². The van der Waals surface area contributed by atoms with Crippen molar-refractivity contribution in [3.63, 3.8) is 0 Å². The van der Waals surface area contributed by atoms with E-state index >= 15 is 0 Å². The minimum Gasteiger partial charge on any atom is -0.314 e. The summed E-state index contributed by atoms with van der Waals surface area (Å²) < 4.78 is 37.8. The van der Waals surface area contributed by atoms with Crippen LogP contribution >= 0.6 is 0 Å². The monoisotopic (exact) mass is 313 g/mol. The van der Waals surface area contributed by atoms with Crippen molar-refractivity contribution in [2.75, 3.05) is 37.6 Å². The summed E-state index contributed by atoms with van der Waals surface area (Å²) in [6.07, 6.45) is -3.63. The smallest absolute Gasteiger partial charge is 0.314 e. The topological polar surface area (TPSA) is 35.6 Å². The van der Waals surface area contributed by atoms with Crippen molar-refractivity contribution < 1.29 is 18.0 Å². The molecule has 0 radical (unpaired) electrons. The lowest BCUT2D eigenvalue weighted by Crippen LogP contribution is -2.51. The van der Waals surface area contributed by atoms with E-state index in [1.54, 1.807) is 4.90 Å². The molecule has 22 heavy (non-hydrogen) atoms. The van der Waals surface area contributed by atoms with Crippen molar-refractivity contribution in [1.29, 1.82) is 0 Å². The molecule has 1 unspecified atom stereocenters. The quantitative estimate of drug-likeness (QED) is 0.903. The van der Waals surface area contributed by atoms with Gasteiger partial charge in [-0.1, -0.05) is 0 Å². The number of amides is 1. The summed E-state index contributed by atoms with van der Waals surface area (Å²) in [6.45, 7) is 3.95. The number of nitrogens with zero attached hydrogens (tertiary/aromatic N) is 2. The molecule has 7 heteroatoms. The van der Waals surface area contributed by atoms with Gasteiger partial charge in [0.15, 0.2) is 0 Å². The standard InChI is InChI=1S/C15H18F3N3O/c16-15(17,18)11-1-3-12(4-2-11)21-8-5-13(14(21)22)20-9-6-19-7-10-20/h1-4,13,19H,5-10H2. The van der Waals surface area contributed by atoms with Crippen molar-refractivity contribution in [1.82, 2.24) is 10.2 Å². The molecule has 3 rings (SSSR count). The van der Waals surface area contributed by atoms with Crippen LogP contribution in [0.15, 0.2) is 24.3 Å². The molecule has 1 aromatic rings. The minimum atomic E-state index is -4.35. The van der Waals surface area contributed by atoms with Gasteiger partial charge in [0.1, 0.15) is 0 Å². The molecule has 120 valence electrons. The van der Waals surface area contributed by atoms with Crippen LogP contribution in [0, 0.1) is 0 Å². The fourth-order valence-corrected chi connectivity index (χ4v) is 3.08. The van der Waals surface area contributed by atoms with Gasteiger partial charge in [0.05, 0.1) is 11.6 Å². The summed E-state index contributed by atoms with van der Waals surface area (Å²) in [5, 5.41) is 3.24. The van der Waals surface area contributed by atoms with Gasteiger partial charge in [0.25, 0.3) is 0 Å². The molecule has 0 saturated carbocycles. The fourth-order valence-electron chi connectivity index (χ4n) is 3.08. The van der Waals surface area contributed by atoms with Crippen molar-refractivity contribution in [2.24, 2.45) is 0 Å². The second-order valence-corrected chi connectivity index (χ2v) is 5.62. The van der Waals surface area contributed by atoms with E-state index in [-0.39, 0.29) is 11.9 Å². The Kier molecular flexibility index (Phi) is 4.10. The fraction of sp³-hybridized carbons (Fsp3) is 0.533. The molecule has 2 saturated heterocycles. The van der Waals surface area contributed by atoms with Gasteiger partial charge in [-0.15, -0.1) is 0 Å². The number of hydrogen-bond donors (Lipinski definition) is 1. The van der Waals surface area contributed by atoms with E-state index in [0.717, 1.165) is 44.7 Å². The second kappa shape index (κ2) is 5.89. The van der Waals surface area contributed by atoms with Crippen molar-refractivity contribution in [3.8, 4) is 0 Å². The molecule has 2 fully saturated rings. The van der Waals surface area contributed by atoms with E-state index < -0.39 is 11.7 Å². The number of anilines is 1. The Bertz CT molecular complexity index is 538. The SMILES string of the molecule is O=C1C(N2CCNCC2)CCN1c1ccc(C(F)(F)F)cc1. The van der Waals surface area contributed by atoms with Gasteiger partial charge in [-0.05, 0) is 30.7 Å². The van der Waals surface area contributed by atoms with Crippen molar-refractivity contribution in [2.45, 2.75) is 18.6 Å². The Morgan fingerprint density at radius 1 is 1.05 bits per heavy atom. The van der Waals surface area contributed by atoms with E-state index in [1.807, 2.05) is 0 Å². The summed E-state index contributed by atoms with van der Waals surface area (Å²) in [7, 11) is 0. The molecule has 0 aliphatic carbocycles. The van der Waals surface area contributed by atoms with Crippen molar-refractivity contribution in [3.05, 3.63) is 29.8 Å². The Morgan fingerprint density at radius 2 is 1.68 bits per heavy atom. The first-order chi connectivity index (χ1) is 10.5. The lowest BCUT2D eigenvalue weighted by molar-refractivity contribution is -0.137. The molecule has 1 aromatic carbocycles. The molecule has 1 amide bonds. The Hall–Kier alpha value is -1.60. The van der Waals surface area contributed by atoms with E-state index in [2.05, 4.69) is 10.2 Å². The maximum Gasteiger partial charge on any atom is 0.416 e. The Morgan fingerprint density at radius 3 is 2.27 bits per heavy atom. The Balaban J connectivity index is 1.72. The van der Waals surface area contributed by atoms with E-state index in [1.165, 1.54) is 12.1 Å². The third-order valence-electron chi connectivity index (χ3n) is 4.28. The van der Waals surface area contributed by atoms with Gasteiger partial charge in [-0.25, -0.2) is 0 Å². The van der Waals surface area contributed by atoms with Gasteiger partial charge >= 0.3 is 6.18 Å². The zero-order valence-corrected chi connectivity index (χ0v) is 12.1. The highest BCUT2D eigenvalue weighted by Crippen LogP contribution is 2.31. The predicted octanol–water partition coefficient (Wildman–Crippen LogP) is 1.72. The average Bonchev–Trinajstić information content (AvgIpc) is 2.89. The summed E-state index contributed by atoms with van der Waals surface area (Å²) in [4.78, 5) is 16.3. The summed E-state index contributed by atoms with van der Waals surface area (Å²) >= 11 is 0. The van der Waals surface area contributed by atoms with Crippen LogP contribution in [-0.4, -0.2) is 49.6 Å². The maximum atomic E-state index is 12.6. The highest BCUT2D eigenvalue weighted by atomic mass is 19.4. The van der Waals surface area contributed by atoms with E-state index in [9.17, 15) is 18.0 Å². The molecule has 4 nitrogen and oxygen atoms in total. The lowest BCUT2D eigenvalue weighted by Gasteiger charge is -2.31. The first-order valence-corrected chi connectivity index (χ1v) is 7.40. The molecule has 2 aliphatic rings.